The molecule has 0 spiro atoms. The molecule has 1 saturated heterocycles. The molecule has 0 bridgehead atoms. The zero-order valence-electron chi connectivity index (χ0n) is 23.3. The summed E-state index contributed by atoms with van der Waals surface area (Å²) in [5.41, 5.74) is 0.657. The number of carbonyl (C=O) groups excluding carboxylic acids is 5. The predicted molar refractivity (Wildman–Crippen MR) is 142 cm³/mol. The van der Waals surface area contributed by atoms with E-state index in [-0.39, 0.29) is 32.2 Å². The number of carboxylic acid groups (broad SMARTS) is 1. The molecule has 0 radical (unpaired) electrons. The summed E-state index contributed by atoms with van der Waals surface area (Å²) in [5.74, 6) is -4.53. The number of aromatic amines is 1. The molecule has 2 rings (SSSR count). The summed E-state index contributed by atoms with van der Waals surface area (Å²) in [5, 5.41) is 39.1. The van der Waals surface area contributed by atoms with Crippen LogP contribution in [0.15, 0.2) is 12.5 Å². The molecule has 6 atom stereocenters. The topological polar surface area (TPSA) is 243 Å². The number of likely N-dealkylation sites (tertiary alicyclic amines) is 1. The van der Waals surface area contributed by atoms with E-state index in [1.807, 2.05) is 0 Å². The van der Waals surface area contributed by atoms with Crippen LogP contribution in [0.2, 0.25) is 0 Å². The Labute approximate surface area is 236 Å². The van der Waals surface area contributed by atoms with Gasteiger partial charge in [-0.2, -0.15) is 0 Å². The molecule has 0 aliphatic carbocycles. The van der Waals surface area contributed by atoms with E-state index in [0.29, 0.717) is 12.1 Å². The molecule has 0 aromatic carbocycles. The Hall–Kier alpha value is -3.89. The molecule has 8 N–H and O–H groups in total. The number of hydrogen-bond acceptors (Lipinski definition) is 10. The number of aliphatic carboxylic acids is 1. The summed E-state index contributed by atoms with van der Waals surface area (Å²) >= 11 is 0. The van der Waals surface area contributed by atoms with E-state index in [1.54, 1.807) is 7.05 Å². The van der Waals surface area contributed by atoms with Crippen LogP contribution < -0.4 is 21.3 Å². The van der Waals surface area contributed by atoms with Gasteiger partial charge in [-0.1, -0.05) is 0 Å². The molecule has 0 saturated carbocycles. The highest BCUT2D eigenvalue weighted by molar-refractivity contribution is 5.96. The third-order valence-corrected chi connectivity index (χ3v) is 6.80. The van der Waals surface area contributed by atoms with Crippen molar-refractivity contribution in [1.82, 2.24) is 36.1 Å². The first-order valence-electron chi connectivity index (χ1n) is 13.3. The minimum Gasteiger partial charge on any atom is -0.481 e. The van der Waals surface area contributed by atoms with Gasteiger partial charge < -0.3 is 46.5 Å². The second-order valence-corrected chi connectivity index (χ2v) is 9.89. The lowest BCUT2D eigenvalue weighted by Gasteiger charge is -2.31. The van der Waals surface area contributed by atoms with Crippen molar-refractivity contribution < 1.29 is 44.1 Å². The van der Waals surface area contributed by atoms with E-state index in [0.717, 1.165) is 0 Å². The number of ketones is 1. The average Bonchev–Trinajstić information content (AvgIpc) is 3.62. The Balaban J connectivity index is 2.08. The van der Waals surface area contributed by atoms with Crippen molar-refractivity contribution in [3.05, 3.63) is 18.2 Å². The Morgan fingerprint density at radius 1 is 1.10 bits per heavy atom. The van der Waals surface area contributed by atoms with E-state index in [2.05, 4.69) is 31.2 Å². The van der Waals surface area contributed by atoms with Crippen LogP contribution in [0.25, 0.3) is 0 Å². The molecule has 1 aliphatic rings. The number of carbonyl (C=O) groups is 6. The maximum Gasteiger partial charge on any atom is 0.303 e. The molecule has 0 unspecified atom stereocenters. The number of nitrogens with one attached hydrogen (secondary N) is 5. The van der Waals surface area contributed by atoms with Crippen molar-refractivity contribution in [2.75, 3.05) is 20.2 Å². The summed E-state index contributed by atoms with van der Waals surface area (Å²) in [6.07, 6.45) is 2.03. The number of aliphatic hydroxyl groups is 2. The quantitative estimate of drug-likeness (QED) is 0.0967. The molecule has 4 amide bonds. The van der Waals surface area contributed by atoms with Crippen LogP contribution >= 0.6 is 0 Å². The number of imidazole rings is 1. The smallest absolute Gasteiger partial charge is 0.303 e. The monoisotopic (exact) mass is 581 g/mol. The van der Waals surface area contributed by atoms with E-state index < -0.39 is 78.3 Å². The van der Waals surface area contributed by atoms with Crippen LogP contribution in [0.4, 0.5) is 0 Å². The Bertz CT molecular complexity index is 1080. The van der Waals surface area contributed by atoms with Gasteiger partial charge in [0.05, 0.1) is 31.1 Å². The molecule has 1 aromatic heterocycles. The zero-order valence-corrected chi connectivity index (χ0v) is 23.3. The van der Waals surface area contributed by atoms with Crippen LogP contribution in [0.1, 0.15) is 45.2 Å². The van der Waals surface area contributed by atoms with Crippen LogP contribution in [-0.2, 0) is 35.2 Å². The lowest BCUT2D eigenvalue weighted by Crippen LogP contribution is -2.61. The summed E-state index contributed by atoms with van der Waals surface area (Å²) in [7, 11) is 1.55. The molecule has 2 heterocycles. The lowest BCUT2D eigenvalue weighted by molar-refractivity contribution is -0.144. The zero-order chi connectivity index (χ0) is 30.7. The van der Waals surface area contributed by atoms with Crippen molar-refractivity contribution in [2.24, 2.45) is 0 Å². The van der Waals surface area contributed by atoms with Crippen LogP contribution in [-0.4, -0.2) is 122 Å². The molecule has 1 aromatic rings. The number of carboxylic acids is 1. The van der Waals surface area contributed by atoms with Gasteiger partial charge in [-0.05, 0) is 40.2 Å². The Morgan fingerprint density at radius 2 is 1.78 bits per heavy atom. The summed E-state index contributed by atoms with van der Waals surface area (Å²) in [4.78, 5) is 82.8. The number of H-pyrrole nitrogens is 1. The van der Waals surface area contributed by atoms with Crippen LogP contribution in [0, 0.1) is 0 Å². The molecule has 1 aliphatic heterocycles. The molecule has 16 nitrogen and oxygen atoms in total. The normalized spacial score (nSPS) is 18.5. The van der Waals surface area contributed by atoms with Gasteiger partial charge in [-0.15, -0.1) is 0 Å². The van der Waals surface area contributed by atoms with Gasteiger partial charge in [0.15, 0.2) is 5.78 Å². The number of hydrogen-bond donors (Lipinski definition) is 8. The largest absolute Gasteiger partial charge is 0.481 e. The van der Waals surface area contributed by atoms with Crippen molar-refractivity contribution in [3.63, 3.8) is 0 Å². The van der Waals surface area contributed by atoms with Gasteiger partial charge in [0, 0.05) is 31.3 Å². The highest BCUT2D eigenvalue weighted by Gasteiger charge is 2.40. The highest BCUT2D eigenvalue weighted by Crippen LogP contribution is 2.20. The average molecular weight is 582 g/mol. The number of rotatable bonds is 16. The number of nitrogens with zero attached hydrogens (tertiary/aromatic N) is 2. The minimum atomic E-state index is -1.51. The fourth-order valence-electron chi connectivity index (χ4n) is 4.45. The number of Topliss-reactive ketones (excluding diaryl/α,β-unsaturated/α-hetero) is 1. The number of aliphatic hydroxyl groups excluding tert-OH is 2. The molecule has 16 heteroatoms. The van der Waals surface area contributed by atoms with Crippen LogP contribution in [0.5, 0.6) is 0 Å². The summed E-state index contributed by atoms with van der Waals surface area (Å²) < 4.78 is 0. The Kier molecular flexibility index (Phi) is 12.8. The summed E-state index contributed by atoms with van der Waals surface area (Å²) in [6.45, 7) is 1.82. The second-order valence-electron chi connectivity index (χ2n) is 9.89. The van der Waals surface area contributed by atoms with E-state index in [1.165, 1.54) is 31.3 Å². The van der Waals surface area contributed by atoms with Gasteiger partial charge in [0.2, 0.25) is 23.6 Å². The van der Waals surface area contributed by atoms with Gasteiger partial charge in [-0.3, -0.25) is 28.8 Å². The SMILES string of the molecule is CN[C@@H](Cc1cnc[nH]1)C(=O)N[C@@H](CO)C(=O)N[C@H](C(=O)N1CCC[C@H]1C(=O)N[C@@H](CCC(=O)O)C(C)=O)[C@@H](C)O. The number of likely N-dealkylation sites (N-methyl/N-ethyl adjacent to an activating group) is 1. The van der Waals surface area contributed by atoms with E-state index in [4.69, 9.17) is 5.11 Å². The standard InChI is InChI=1S/C25H39N7O9/c1-13(34)16(6-7-20(36)37)29-24(40)19-5-4-8-32(19)25(41)21(14(2)35)31-23(39)18(11-33)30-22(38)17(26-3)9-15-10-27-12-28-15/h10,12,14,16-19,21,26,33,35H,4-9,11H2,1-3H3,(H,27,28)(H,29,40)(H,30,38)(H,31,39)(H,36,37)/t14-,16+,17+,18+,19+,21+/m1/s1. The first kappa shape index (κ1) is 33.3. The third-order valence-electron chi connectivity index (χ3n) is 6.80. The van der Waals surface area contributed by atoms with Crippen molar-refractivity contribution >= 4 is 35.4 Å². The molecule has 228 valence electrons. The molecule has 1 fully saturated rings. The summed E-state index contributed by atoms with van der Waals surface area (Å²) in [6, 6.07) is -5.80. The molecule has 41 heavy (non-hydrogen) atoms. The van der Waals surface area contributed by atoms with Gasteiger partial charge in [0.1, 0.15) is 18.1 Å². The lowest BCUT2D eigenvalue weighted by atomic mass is 10.1. The number of aromatic nitrogens is 2. The van der Waals surface area contributed by atoms with Gasteiger partial charge in [0.25, 0.3) is 0 Å². The first-order chi connectivity index (χ1) is 19.4. The second kappa shape index (κ2) is 15.8. The van der Waals surface area contributed by atoms with Crippen molar-refractivity contribution in [3.8, 4) is 0 Å². The third kappa shape index (κ3) is 9.61. The maximum atomic E-state index is 13.4. The fourth-order valence-corrected chi connectivity index (χ4v) is 4.45. The van der Waals surface area contributed by atoms with Gasteiger partial charge >= 0.3 is 5.97 Å². The van der Waals surface area contributed by atoms with E-state index >= 15 is 0 Å². The van der Waals surface area contributed by atoms with Crippen molar-refractivity contribution in [1.29, 1.82) is 0 Å². The predicted octanol–water partition coefficient (Wildman–Crippen LogP) is -3.19. The van der Waals surface area contributed by atoms with Crippen molar-refractivity contribution in [2.45, 2.75) is 82.3 Å². The first-order valence-corrected chi connectivity index (χ1v) is 13.3. The fraction of sp³-hybridized carbons (Fsp3) is 0.640. The van der Waals surface area contributed by atoms with E-state index in [9.17, 15) is 39.0 Å². The maximum absolute atomic E-state index is 13.4. The molecular weight excluding hydrogens is 542 g/mol. The number of amides is 4. The van der Waals surface area contributed by atoms with Gasteiger partial charge in [-0.25, -0.2) is 4.98 Å². The minimum absolute atomic E-state index is 0.117. The van der Waals surface area contributed by atoms with Crippen LogP contribution in [0.3, 0.4) is 0 Å². The Morgan fingerprint density at radius 3 is 2.32 bits per heavy atom. The molecular formula is C25H39N7O9. The highest BCUT2D eigenvalue weighted by atomic mass is 16.4.